The molecule has 7 nitrogen and oxygen atoms in total. The minimum Gasteiger partial charge on any atom is -0.444 e. The molecule has 1 N–H and O–H groups in total. The molecular weight excluding hydrogens is 358 g/mol. The van der Waals surface area contributed by atoms with Crippen molar-refractivity contribution in [2.75, 3.05) is 32.7 Å². The van der Waals surface area contributed by atoms with Crippen molar-refractivity contribution in [1.82, 2.24) is 15.1 Å². The number of nitrogens with one attached hydrogen (secondary N) is 1. The Kier molecular flexibility index (Phi) is 7.89. The minimum absolute atomic E-state index is 0.0468. The Hall–Kier alpha value is -2.05. The van der Waals surface area contributed by atoms with Crippen molar-refractivity contribution in [2.45, 2.75) is 65.4 Å². The molecule has 1 saturated carbocycles. The number of amides is 3. The van der Waals surface area contributed by atoms with E-state index in [4.69, 9.17) is 4.74 Å². The molecule has 158 valence electrons. The summed E-state index contributed by atoms with van der Waals surface area (Å²) in [5, 5.41) is 2.51. The lowest BCUT2D eigenvalue weighted by Gasteiger charge is -2.23. The summed E-state index contributed by atoms with van der Waals surface area (Å²) < 4.78 is 5.15. The summed E-state index contributed by atoms with van der Waals surface area (Å²) >= 11 is 0. The lowest BCUT2D eigenvalue weighted by molar-refractivity contribution is -0.131. The van der Waals surface area contributed by atoms with Gasteiger partial charge in [-0.15, -0.1) is 0 Å². The number of hydrogen-bond donors (Lipinski definition) is 1. The first-order chi connectivity index (χ1) is 13.2. The number of allylic oxidation sites excluding steroid dienone is 1. The lowest BCUT2D eigenvalue weighted by atomic mass is 9.98. The van der Waals surface area contributed by atoms with E-state index in [0.717, 1.165) is 6.42 Å². The second-order valence-electron chi connectivity index (χ2n) is 8.78. The van der Waals surface area contributed by atoms with E-state index < -0.39 is 11.7 Å². The normalized spacial score (nSPS) is 19.4. The standard InChI is InChI=1S/C21H35N3O4/c1-16(17-8-5-6-9-17)14-18(25)23-10-7-11-24(13-12-23)19(26)15-22-20(27)28-21(2,3)4/h14,17H,5-13,15H2,1-4H3,(H,22,27)/b16-14+. The van der Waals surface area contributed by atoms with Crippen molar-refractivity contribution in [3.05, 3.63) is 11.6 Å². The van der Waals surface area contributed by atoms with Crippen molar-refractivity contribution < 1.29 is 19.1 Å². The van der Waals surface area contributed by atoms with Gasteiger partial charge in [0, 0.05) is 32.3 Å². The summed E-state index contributed by atoms with van der Waals surface area (Å²) in [5.74, 6) is 0.441. The molecule has 2 rings (SSSR count). The highest BCUT2D eigenvalue weighted by atomic mass is 16.6. The van der Waals surface area contributed by atoms with Crippen LogP contribution in [-0.2, 0) is 14.3 Å². The molecule has 0 aromatic heterocycles. The quantitative estimate of drug-likeness (QED) is 0.745. The summed E-state index contributed by atoms with van der Waals surface area (Å²) in [5.41, 5.74) is 0.585. The highest BCUT2D eigenvalue weighted by Gasteiger charge is 2.24. The van der Waals surface area contributed by atoms with Crippen molar-refractivity contribution in [3.8, 4) is 0 Å². The number of nitrogens with zero attached hydrogens (tertiary/aromatic N) is 2. The van der Waals surface area contributed by atoms with Gasteiger partial charge < -0.3 is 19.9 Å². The fourth-order valence-electron chi connectivity index (χ4n) is 3.75. The lowest BCUT2D eigenvalue weighted by Crippen LogP contribution is -2.43. The zero-order valence-electron chi connectivity index (χ0n) is 17.8. The van der Waals surface area contributed by atoms with Gasteiger partial charge in [-0.05, 0) is 52.9 Å². The Balaban J connectivity index is 1.80. The van der Waals surface area contributed by atoms with Gasteiger partial charge in [-0.1, -0.05) is 18.4 Å². The summed E-state index contributed by atoms with van der Waals surface area (Å²) in [4.78, 5) is 40.2. The van der Waals surface area contributed by atoms with Gasteiger partial charge in [0.25, 0.3) is 0 Å². The largest absolute Gasteiger partial charge is 0.444 e. The summed E-state index contributed by atoms with van der Waals surface area (Å²) in [7, 11) is 0. The minimum atomic E-state index is -0.597. The number of ether oxygens (including phenoxy) is 1. The van der Waals surface area contributed by atoms with Crippen LogP contribution in [0, 0.1) is 5.92 Å². The van der Waals surface area contributed by atoms with E-state index in [9.17, 15) is 14.4 Å². The van der Waals surface area contributed by atoms with Crippen LogP contribution in [-0.4, -0.2) is 66.0 Å². The molecule has 0 spiro atoms. The molecule has 0 aromatic carbocycles. The summed E-state index contributed by atoms with van der Waals surface area (Å²) in [6.45, 7) is 9.53. The van der Waals surface area contributed by atoms with E-state index >= 15 is 0 Å². The molecule has 2 aliphatic rings. The Morgan fingerprint density at radius 3 is 2.25 bits per heavy atom. The molecule has 1 saturated heterocycles. The zero-order valence-corrected chi connectivity index (χ0v) is 17.8. The second-order valence-corrected chi connectivity index (χ2v) is 8.78. The Labute approximate surface area is 168 Å². The van der Waals surface area contributed by atoms with Gasteiger partial charge in [0.15, 0.2) is 0 Å². The van der Waals surface area contributed by atoms with E-state index in [1.165, 1.54) is 31.3 Å². The Bertz CT molecular complexity index is 603. The van der Waals surface area contributed by atoms with E-state index in [-0.39, 0.29) is 18.4 Å². The zero-order chi connectivity index (χ0) is 20.7. The molecule has 2 fully saturated rings. The van der Waals surface area contributed by atoms with Crippen LogP contribution in [0.4, 0.5) is 4.79 Å². The van der Waals surface area contributed by atoms with Crippen LogP contribution in [0.25, 0.3) is 0 Å². The molecule has 0 aromatic rings. The van der Waals surface area contributed by atoms with Crippen molar-refractivity contribution in [3.63, 3.8) is 0 Å². The molecule has 0 atom stereocenters. The van der Waals surface area contributed by atoms with Crippen molar-refractivity contribution >= 4 is 17.9 Å². The molecule has 1 aliphatic carbocycles. The average molecular weight is 394 g/mol. The fourth-order valence-corrected chi connectivity index (χ4v) is 3.75. The number of rotatable bonds is 4. The maximum Gasteiger partial charge on any atom is 0.408 e. The van der Waals surface area contributed by atoms with Crippen LogP contribution >= 0.6 is 0 Å². The van der Waals surface area contributed by atoms with E-state index in [1.54, 1.807) is 31.7 Å². The monoisotopic (exact) mass is 393 g/mol. The van der Waals surface area contributed by atoms with Gasteiger partial charge in [0.2, 0.25) is 11.8 Å². The topological polar surface area (TPSA) is 79.0 Å². The van der Waals surface area contributed by atoms with E-state index in [2.05, 4.69) is 12.2 Å². The fraction of sp³-hybridized carbons (Fsp3) is 0.762. The smallest absolute Gasteiger partial charge is 0.408 e. The number of alkyl carbamates (subject to hydrolysis) is 1. The van der Waals surface area contributed by atoms with Crippen LogP contribution in [0.5, 0.6) is 0 Å². The molecule has 0 unspecified atom stereocenters. The maximum atomic E-state index is 12.6. The van der Waals surface area contributed by atoms with Crippen LogP contribution in [0.1, 0.15) is 59.8 Å². The van der Waals surface area contributed by atoms with Gasteiger partial charge in [-0.2, -0.15) is 0 Å². The summed E-state index contributed by atoms with van der Waals surface area (Å²) in [6, 6.07) is 0. The van der Waals surface area contributed by atoms with Crippen molar-refractivity contribution in [2.24, 2.45) is 5.92 Å². The Morgan fingerprint density at radius 1 is 1.00 bits per heavy atom. The van der Waals surface area contributed by atoms with Gasteiger partial charge >= 0.3 is 6.09 Å². The molecule has 0 radical (unpaired) electrons. The predicted octanol–water partition coefficient (Wildman–Crippen LogP) is 2.71. The van der Waals surface area contributed by atoms with Crippen LogP contribution in [0.15, 0.2) is 11.6 Å². The SMILES string of the molecule is C/C(=C\C(=O)N1CCCN(C(=O)CNC(=O)OC(C)(C)C)CC1)C1CCCC1. The second kappa shape index (κ2) is 9.94. The highest BCUT2D eigenvalue weighted by Crippen LogP contribution is 2.30. The van der Waals surface area contributed by atoms with Crippen molar-refractivity contribution in [1.29, 1.82) is 0 Å². The first-order valence-corrected chi connectivity index (χ1v) is 10.4. The molecule has 1 aliphatic heterocycles. The summed E-state index contributed by atoms with van der Waals surface area (Å²) in [6.07, 6.45) is 6.80. The third kappa shape index (κ3) is 7.17. The molecule has 0 bridgehead atoms. The van der Waals surface area contributed by atoms with Crippen LogP contribution in [0.3, 0.4) is 0 Å². The Morgan fingerprint density at radius 2 is 1.61 bits per heavy atom. The predicted molar refractivity (Wildman–Crippen MR) is 108 cm³/mol. The number of hydrogen-bond acceptors (Lipinski definition) is 4. The van der Waals surface area contributed by atoms with Crippen LogP contribution in [0.2, 0.25) is 0 Å². The first-order valence-electron chi connectivity index (χ1n) is 10.4. The van der Waals surface area contributed by atoms with Gasteiger partial charge in [0.05, 0.1) is 0 Å². The molecule has 28 heavy (non-hydrogen) atoms. The van der Waals surface area contributed by atoms with Gasteiger partial charge in [0.1, 0.15) is 12.1 Å². The maximum absolute atomic E-state index is 12.6. The average Bonchev–Trinajstić information content (AvgIpc) is 3.02. The molecular formula is C21H35N3O4. The molecule has 3 amide bonds. The first kappa shape index (κ1) is 22.2. The van der Waals surface area contributed by atoms with Crippen LogP contribution < -0.4 is 5.32 Å². The number of carbonyl (C=O) groups is 3. The third-order valence-electron chi connectivity index (χ3n) is 5.29. The highest BCUT2D eigenvalue weighted by molar-refractivity contribution is 5.88. The van der Waals surface area contributed by atoms with Gasteiger partial charge in [-0.25, -0.2) is 4.79 Å². The third-order valence-corrected chi connectivity index (χ3v) is 5.29. The van der Waals surface area contributed by atoms with Gasteiger partial charge in [-0.3, -0.25) is 9.59 Å². The van der Waals surface area contributed by atoms with E-state index in [0.29, 0.717) is 32.1 Å². The molecule has 1 heterocycles. The molecule has 7 heteroatoms. The van der Waals surface area contributed by atoms with E-state index in [1.807, 2.05) is 4.90 Å². The number of carbonyl (C=O) groups excluding carboxylic acids is 3.